The van der Waals surface area contributed by atoms with Crippen LogP contribution in [0.4, 0.5) is 4.39 Å². The molecule has 1 fully saturated rings. The third kappa shape index (κ3) is 4.34. The lowest BCUT2D eigenvalue weighted by molar-refractivity contribution is 0.310. The molecule has 5 nitrogen and oxygen atoms in total. The van der Waals surface area contributed by atoms with Gasteiger partial charge in [-0.25, -0.2) is 9.37 Å². The summed E-state index contributed by atoms with van der Waals surface area (Å²) in [6.07, 6.45) is 4.50. The second kappa shape index (κ2) is 9.41. The average Bonchev–Trinajstić information content (AvgIpc) is 3.48. The van der Waals surface area contributed by atoms with Crippen LogP contribution in [-0.4, -0.2) is 50.0 Å². The van der Waals surface area contributed by atoms with E-state index in [1.54, 1.807) is 35.2 Å². The normalized spacial score (nSPS) is 20.1. The van der Waals surface area contributed by atoms with Gasteiger partial charge in [-0.05, 0) is 75.9 Å². The van der Waals surface area contributed by atoms with E-state index in [-0.39, 0.29) is 23.6 Å². The first-order valence-electron chi connectivity index (χ1n) is 10.9. The van der Waals surface area contributed by atoms with Crippen LogP contribution in [0.2, 0.25) is 0 Å². The van der Waals surface area contributed by atoms with E-state index in [9.17, 15) is 4.39 Å². The summed E-state index contributed by atoms with van der Waals surface area (Å²) in [7, 11) is 2.04. The van der Waals surface area contributed by atoms with Gasteiger partial charge >= 0.3 is 0 Å². The molecule has 0 amide bonds. The van der Waals surface area contributed by atoms with Crippen molar-refractivity contribution in [1.82, 2.24) is 24.6 Å². The molecule has 0 N–H and O–H groups in total. The number of aryl methyl sites for hydroxylation is 3. The van der Waals surface area contributed by atoms with Crippen LogP contribution in [0.15, 0.2) is 23.4 Å². The zero-order valence-corrected chi connectivity index (χ0v) is 21.2. The van der Waals surface area contributed by atoms with E-state index >= 15 is 0 Å². The van der Waals surface area contributed by atoms with E-state index in [0.29, 0.717) is 0 Å². The predicted molar refractivity (Wildman–Crippen MR) is 132 cm³/mol. The van der Waals surface area contributed by atoms with Crippen molar-refractivity contribution in [3.05, 3.63) is 45.8 Å². The standard InChI is InChI=1S/C23H28FN5S2.ClH/c1-15-20(31-16(2)25-15)21-26-27-22(28(21)3)30-12-4-10-29-11-9-23(14-29)8-7-17-13-18(24)5-6-19(17)23;/h5-6,13H,4,7-12,14H2,1-3H3;1H. The largest absolute Gasteiger partial charge is 0.304 e. The minimum absolute atomic E-state index is 0. The Morgan fingerprint density at radius 3 is 2.84 bits per heavy atom. The number of fused-ring (bicyclic) bond motifs is 2. The molecule has 0 saturated carbocycles. The molecule has 1 aliphatic heterocycles. The zero-order chi connectivity index (χ0) is 21.6. The Balaban J connectivity index is 0.00000245. The summed E-state index contributed by atoms with van der Waals surface area (Å²) in [6.45, 7) is 7.40. The number of halogens is 2. The van der Waals surface area contributed by atoms with Crippen LogP contribution >= 0.6 is 35.5 Å². The SMILES string of the molecule is Cc1nc(C)c(-c2nnc(SCCCN3CCC4(CCc5cc(F)ccc54)C3)n2C)s1.Cl. The summed E-state index contributed by atoms with van der Waals surface area (Å²) < 4.78 is 15.7. The maximum absolute atomic E-state index is 13.6. The summed E-state index contributed by atoms with van der Waals surface area (Å²) in [6, 6.07) is 5.41. The monoisotopic (exact) mass is 493 g/mol. The van der Waals surface area contributed by atoms with Gasteiger partial charge < -0.3 is 9.47 Å². The molecule has 1 atom stereocenters. The van der Waals surface area contributed by atoms with Crippen LogP contribution in [0, 0.1) is 19.7 Å². The Labute approximate surface area is 203 Å². The second-order valence-corrected chi connectivity index (χ2v) is 11.1. The van der Waals surface area contributed by atoms with E-state index in [1.165, 1.54) is 17.5 Å². The minimum Gasteiger partial charge on any atom is -0.304 e. The van der Waals surface area contributed by atoms with Crippen molar-refractivity contribution in [2.75, 3.05) is 25.4 Å². The van der Waals surface area contributed by atoms with Gasteiger partial charge in [0.25, 0.3) is 0 Å². The third-order valence-corrected chi connectivity index (χ3v) is 8.91. The Kier molecular flexibility index (Phi) is 6.96. The van der Waals surface area contributed by atoms with Gasteiger partial charge in [-0.2, -0.15) is 0 Å². The molecule has 9 heteroatoms. The van der Waals surface area contributed by atoms with Crippen LogP contribution in [-0.2, 0) is 18.9 Å². The van der Waals surface area contributed by atoms with Crippen molar-refractivity contribution in [2.24, 2.45) is 7.05 Å². The van der Waals surface area contributed by atoms with Gasteiger partial charge in [0.15, 0.2) is 11.0 Å². The van der Waals surface area contributed by atoms with Crippen molar-refractivity contribution < 1.29 is 4.39 Å². The fourth-order valence-electron chi connectivity index (χ4n) is 5.20. The highest BCUT2D eigenvalue weighted by Crippen LogP contribution is 2.45. The van der Waals surface area contributed by atoms with E-state index in [2.05, 4.69) is 24.6 Å². The zero-order valence-electron chi connectivity index (χ0n) is 18.7. The lowest BCUT2D eigenvalue weighted by Gasteiger charge is -2.25. The van der Waals surface area contributed by atoms with Crippen molar-refractivity contribution >= 4 is 35.5 Å². The molecule has 1 saturated heterocycles. The molecule has 1 aliphatic carbocycles. The minimum atomic E-state index is -0.102. The molecule has 172 valence electrons. The molecule has 5 rings (SSSR count). The van der Waals surface area contributed by atoms with Crippen LogP contribution in [0.5, 0.6) is 0 Å². The first-order valence-corrected chi connectivity index (χ1v) is 12.7. The highest BCUT2D eigenvalue weighted by atomic mass is 35.5. The fraction of sp³-hybridized carbons (Fsp3) is 0.522. The lowest BCUT2D eigenvalue weighted by Crippen LogP contribution is -2.29. The van der Waals surface area contributed by atoms with Gasteiger partial charge in [0.05, 0.1) is 15.6 Å². The van der Waals surface area contributed by atoms with E-state index < -0.39 is 0 Å². The summed E-state index contributed by atoms with van der Waals surface area (Å²) in [5.41, 5.74) is 3.89. The van der Waals surface area contributed by atoms with Crippen LogP contribution in [0.25, 0.3) is 10.7 Å². The molecular formula is C23H29ClFN5S2. The highest BCUT2D eigenvalue weighted by Gasteiger charge is 2.43. The Morgan fingerprint density at radius 1 is 1.22 bits per heavy atom. The molecule has 2 aromatic heterocycles. The maximum atomic E-state index is 13.6. The van der Waals surface area contributed by atoms with Gasteiger partial charge in [-0.1, -0.05) is 17.8 Å². The van der Waals surface area contributed by atoms with Crippen molar-refractivity contribution in [3.8, 4) is 10.7 Å². The number of thiazole rings is 1. The molecule has 1 spiro atoms. The molecule has 1 unspecified atom stereocenters. The number of aromatic nitrogens is 4. The summed E-state index contributed by atoms with van der Waals surface area (Å²) in [4.78, 5) is 8.21. The summed E-state index contributed by atoms with van der Waals surface area (Å²) in [5.74, 6) is 1.83. The summed E-state index contributed by atoms with van der Waals surface area (Å²) >= 11 is 3.45. The van der Waals surface area contributed by atoms with Gasteiger partial charge in [-0.15, -0.1) is 33.9 Å². The Bertz CT molecular complexity index is 1110. The van der Waals surface area contributed by atoms with Gasteiger partial charge in [0.2, 0.25) is 0 Å². The van der Waals surface area contributed by atoms with Gasteiger partial charge in [0, 0.05) is 24.8 Å². The first-order chi connectivity index (χ1) is 14.9. The van der Waals surface area contributed by atoms with Crippen LogP contribution < -0.4 is 0 Å². The number of rotatable bonds is 6. The van der Waals surface area contributed by atoms with Crippen LogP contribution in [0.3, 0.4) is 0 Å². The third-order valence-electron chi connectivity index (χ3n) is 6.74. The first kappa shape index (κ1) is 23.7. The lowest BCUT2D eigenvalue weighted by atomic mass is 9.81. The van der Waals surface area contributed by atoms with E-state index in [0.717, 1.165) is 71.2 Å². The number of likely N-dealkylation sites (tertiary alicyclic amines) is 1. The van der Waals surface area contributed by atoms with Crippen LogP contribution in [0.1, 0.15) is 41.1 Å². The topological polar surface area (TPSA) is 46.8 Å². The van der Waals surface area contributed by atoms with Gasteiger partial charge in [0.1, 0.15) is 5.82 Å². The second-order valence-electron chi connectivity index (χ2n) is 8.82. The smallest absolute Gasteiger partial charge is 0.191 e. The average molecular weight is 494 g/mol. The molecule has 3 heterocycles. The molecule has 2 aliphatic rings. The van der Waals surface area contributed by atoms with Crippen molar-refractivity contribution in [3.63, 3.8) is 0 Å². The number of benzene rings is 1. The van der Waals surface area contributed by atoms with Gasteiger partial charge in [-0.3, -0.25) is 0 Å². The van der Waals surface area contributed by atoms with E-state index in [4.69, 9.17) is 0 Å². The van der Waals surface area contributed by atoms with Crippen molar-refractivity contribution in [2.45, 2.75) is 50.1 Å². The number of hydrogen-bond donors (Lipinski definition) is 0. The Hall–Kier alpha value is -1.48. The highest BCUT2D eigenvalue weighted by molar-refractivity contribution is 7.99. The molecule has 0 radical (unpaired) electrons. The molecule has 3 aromatic rings. The molecule has 0 bridgehead atoms. The van der Waals surface area contributed by atoms with E-state index in [1.807, 2.05) is 27.0 Å². The molecule has 32 heavy (non-hydrogen) atoms. The number of nitrogens with zero attached hydrogens (tertiary/aromatic N) is 5. The number of hydrogen-bond acceptors (Lipinski definition) is 6. The fourth-order valence-corrected chi connectivity index (χ4v) is 6.97. The number of thioether (sulfide) groups is 1. The Morgan fingerprint density at radius 2 is 2.06 bits per heavy atom. The molecular weight excluding hydrogens is 465 g/mol. The molecule has 1 aromatic carbocycles. The predicted octanol–water partition coefficient (Wildman–Crippen LogP) is 5.19. The quantitative estimate of drug-likeness (QED) is 0.349. The maximum Gasteiger partial charge on any atom is 0.191 e. The van der Waals surface area contributed by atoms with Crippen molar-refractivity contribution in [1.29, 1.82) is 0 Å². The summed E-state index contributed by atoms with van der Waals surface area (Å²) in [5, 5.41) is 10.9.